The van der Waals surface area contributed by atoms with Crippen molar-refractivity contribution in [3.05, 3.63) is 82.9 Å². The molecule has 5 heteroatoms. The maximum absolute atomic E-state index is 12.4. The largest absolute Gasteiger partial charge is 0.491 e. The van der Waals surface area contributed by atoms with Crippen molar-refractivity contribution in [1.82, 2.24) is 0 Å². The number of anilines is 1. The van der Waals surface area contributed by atoms with Crippen molar-refractivity contribution in [1.29, 1.82) is 0 Å². The molecule has 0 bridgehead atoms. The van der Waals surface area contributed by atoms with Crippen LogP contribution in [0.3, 0.4) is 0 Å². The topological polar surface area (TPSA) is 75.6 Å². The zero-order valence-corrected chi connectivity index (χ0v) is 25.1. The monoisotopic (exact) mass is 543 g/mol. The highest BCUT2D eigenvalue weighted by Gasteiger charge is 2.19. The van der Waals surface area contributed by atoms with Crippen molar-refractivity contribution >= 4 is 17.4 Å². The van der Waals surface area contributed by atoms with Crippen LogP contribution in [0.4, 0.5) is 5.69 Å². The van der Waals surface area contributed by atoms with Crippen LogP contribution in [0.25, 0.3) is 11.1 Å². The quantitative estimate of drug-likeness (QED) is 0.211. The van der Waals surface area contributed by atoms with E-state index < -0.39 is 5.97 Å². The number of ketones is 1. The molecule has 3 aromatic rings. The van der Waals surface area contributed by atoms with E-state index in [-0.39, 0.29) is 30.1 Å². The van der Waals surface area contributed by atoms with E-state index in [1.54, 1.807) is 12.1 Å². The maximum atomic E-state index is 12.4. The molecule has 214 valence electrons. The Morgan fingerprint density at radius 3 is 2.05 bits per heavy atom. The molecular formula is C35H45NO4. The number of carboxylic acid groups (broad SMARTS) is 1. The normalized spacial score (nSPS) is 13.0. The lowest BCUT2D eigenvalue weighted by Crippen LogP contribution is -2.33. The fourth-order valence-electron chi connectivity index (χ4n) is 4.93. The summed E-state index contributed by atoms with van der Waals surface area (Å²) in [7, 11) is 0. The summed E-state index contributed by atoms with van der Waals surface area (Å²) in [5, 5.41) is 12.4. The van der Waals surface area contributed by atoms with Crippen LogP contribution in [-0.4, -0.2) is 29.5 Å². The highest BCUT2D eigenvalue weighted by Crippen LogP contribution is 2.33. The number of aliphatic carboxylic acids is 1. The number of ether oxygens (including phenoxy) is 1. The molecule has 40 heavy (non-hydrogen) atoms. The van der Waals surface area contributed by atoms with Crippen LogP contribution in [0, 0.1) is 19.8 Å². The van der Waals surface area contributed by atoms with Crippen molar-refractivity contribution in [3.63, 3.8) is 0 Å². The number of hydrogen-bond acceptors (Lipinski definition) is 4. The van der Waals surface area contributed by atoms with Gasteiger partial charge < -0.3 is 15.2 Å². The molecule has 0 spiro atoms. The van der Waals surface area contributed by atoms with E-state index >= 15 is 0 Å². The van der Waals surface area contributed by atoms with Crippen LogP contribution in [0.1, 0.15) is 87.4 Å². The molecule has 0 unspecified atom stereocenters. The predicted octanol–water partition coefficient (Wildman–Crippen LogP) is 8.61. The van der Waals surface area contributed by atoms with Gasteiger partial charge in [-0.25, -0.2) is 0 Å². The van der Waals surface area contributed by atoms with Gasteiger partial charge in [-0.1, -0.05) is 65.3 Å². The summed E-state index contributed by atoms with van der Waals surface area (Å²) in [6, 6.07) is 20.7. The van der Waals surface area contributed by atoms with Crippen molar-refractivity contribution < 1.29 is 19.4 Å². The molecule has 0 aliphatic carbocycles. The predicted molar refractivity (Wildman–Crippen MR) is 165 cm³/mol. The Morgan fingerprint density at radius 1 is 0.925 bits per heavy atom. The Labute approximate surface area is 240 Å². The zero-order chi connectivity index (χ0) is 29.4. The third-order valence-corrected chi connectivity index (χ3v) is 7.66. The summed E-state index contributed by atoms with van der Waals surface area (Å²) < 4.78 is 6.34. The first-order chi connectivity index (χ1) is 18.9. The first kappa shape index (κ1) is 30.9. The summed E-state index contributed by atoms with van der Waals surface area (Å²) >= 11 is 0. The minimum atomic E-state index is -0.877. The van der Waals surface area contributed by atoms with Gasteiger partial charge >= 0.3 is 5.97 Å². The first-order valence-corrected chi connectivity index (χ1v) is 14.4. The van der Waals surface area contributed by atoms with E-state index in [0.29, 0.717) is 24.5 Å². The van der Waals surface area contributed by atoms with E-state index in [1.165, 1.54) is 27.8 Å². The molecule has 0 aliphatic rings. The minimum Gasteiger partial charge on any atom is -0.491 e. The summed E-state index contributed by atoms with van der Waals surface area (Å²) in [4.78, 5) is 23.1. The summed E-state index contributed by atoms with van der Waals surface area (Å²) in [6.45, 7) is 15.9. The molecule has 0 radical (unpaired) electrons. The number of benzene rings is 3. The second-order valence-electron chi connectivity index (χ2n) is 12.0. The lowest BCUT2D eigenvalue weighted by atomic mass is 9.85. The number of carbonyl (C=O) groups is 2. The Morgan fingerprint density at radius 2 is 1.52 bits per heavy atom. The number of hydrogen-bond donors (Lipinski definition) is 2. The summed E-state index contributed by atoms with van der Waals surface area (Å²) in [6.07, 6.45) is 1.60. The highest BCUT2D eigenvalue weighted by atomic mass is 16.5. The van der Waals surface area contributed by atoms with Crippen molar-refractivity contribution in [2.75, 3.05) is 11.9 Å². The second-order valence-corrected chi connectivity index (χ2v) is 12.0. The van der Waals surface area contributed by atoms with Crippen molar-refractivity contribution in [2.24, 2.45) is 5.92 Å². The molecule has 0 amide bonds. The van der Waals surface area contributed by atoms with Crippen LogP contribution >= 0.6 is 0 Å². The van der Waals surface area contributed by atoms with Crippen LogP contribution in [0.15, 0.2) is 60.7 Å². The average Bonchev–Trinajstić information content (AvgIpc) is 2.90. The van der Waals surface area contributed by atoms with Crippen LogP contribution in [-0.2, 0) is 10.2 Å². The Balaban J connectivity index is 1.67. The molecule has 0 saturated heterocycles. The molecule has 2 N–H and O–H groups in total. The maximum Gasteiger partial charge on any atom is 0.303 e. The first-order valence-electron chi connectivity index (χ1n) is 14.4. The van der Waals surface area contributed by atoms with Gasteiger partial charge in [0.1, 0.15) is 12.4 Å². The molecule has 3 aromatic carbocycles. The smallest absolute Gasteiger partial charge is 0.303 e. The number of Topliss-reactive ketones (excluding diaryl/α,β-unsaturated/α-hetero) is 1. The number of carboxylic acids is 1. The molecule has 3 rings (SSSR count). The van der Waals surface area contributed by atoms with Gasteiger partial charge in [-0.05, 0) is 95.8 Å². The number of carbonyl (C=O) groups excluding carboxylic acids is 1. The molecule has 2 atom stereocenters. The number of aryl methyl sites for hydroxylation is 2. The van der Waals surface area contributed by atoms with Gasteiger partial charge in [0.25, 0.3) is 0 Å². The van der Waals surface area contributed by atoms with Crippen LogP contribution in [0.2, 0.25) is 0 Å². The standard InChI is InChI=1S/C35H45NO4/c1-8-23(2)31(36-29-18-14-26(15-19-29)32(37)10-9-11-33(38)39)22-40-30-20-24(3)34(25(4)21-30)27-12-16-28(17-13-27)35(5,6)7/h12-21,23,31,36H,8-11,22H2,1-7H3,(H,38,39)/t23-,31+/m0/s1. The van der Waals surface area contributed by atoms with Crippen molar-refractivity contribution in [2.45, 2.75) is 85.6 Å². The molecular weight excluding hydrogens is 498 g/mol. The average molecular weight is 544 g/mol. The van der Waals surface area contributed by atoms with Gasteiger partial charge in [0.15, 0.2) is 5.78 Å². The summed E-state index contributed by atoms with van der Waals surface area (Å²) in [5.74, 6) is 0.328. The zero-order valence-electron chi connectivity index (χ0n) is 25.1. The fourth-order valence-corrected chi connectivity index (χ4v) is 4.93. The van der Waals surface area contributed by atoms with Crippen LogP contribution in [0.5, 0.6) is 5.75 Å². The van der Waals surface area contributed by atoms with Crippen LogP contribution < -0.4 is 10.1 Å². The van der Waals surface area contributed by atoms with E-state index in [1.807, 2.05) is 12.1 Å². The van der Waals surface area contributed by atoms with Gasteiger partial charge in [0.05, 0.1) is 6.04 Å². The molecule has 0 aliphatic heterocycles. The minimum absolute atomic E-state index is 0.00822. The number of rotatable bonds is 13. The second kappa shape index (κ2) is 13.6. The van der Waals surface area contributed by atoms with E-state index in [0.717, 1.165) is 17.9 Å². The molecule has 0 aromatic heterocycles. The SMILES string of the molecule is CC[C@H](C)[C@@H](COc1cc(C)c(-c2ccc(C(C)(C)C)cc2)c(C)c1)Nc1ccc(C(=O)CCCC(=O)O)cc1. The third-order valence-electron chi connectivity index (χ3n) is 7.66. The third kappa shape index (κ3) is 8.45. The lowest BCUT2D eigenvalue weighted by Gasteiger charge is -2.26. The van der Waals surface area contributed by atoms with E-state index in [4.69, 9.17) is 9.84 Å². The van der Waals surface area contributed by atoms with Gasteiger partial charge in [-0.2, -0.15) is 0 Å². The molecule has 5 nitrogen and oxygen atoms in total. The molecule has 0 fully saturated rings. The van der Waals surface area contributed by atoms with Crippen molar-refractivity contribution in [3.8, 4) is 16.9 Å². The van der Waals surface area contributed by atoms with Gasteiger partial charge in [0.2, 0.25) is 0 Å². The Bertz CT molecular complexity index is 1260. The Kier molecular flexibility index (Phi) is 10.6. The highest BCUT2D eigenvalue weighted by molar-refractivity contribution is 5.96. The lowest BCUT2D eigenvalue weighted by molar-refractivity contribution is -0.137. The van der Waals surface area contributed by atoms with Gasteiger partial charge in [-0.15, -0.1) is 0 Å². The van der Waals surface area contributed by atoms with E-state index in [2.05, 4.69) is 90.2 Å². The Hall–Kier alpha value is -3.60. The van der Waals surface area contributed by atoms with E-state index in [9.17, 15) is 9.59 Å². The summed E-state index contributed by atoms with van der Waals surface area (Å²) in [5.41, 5.74) is 7.84. The number of nitrogens with one attached hydrogen (secondary N) is 1. The molecule has 0 saturated carbocycles. The van der Waals surface area contributed by atoms with Gasteiger partial charge in [-0.3, -0.25) is 9.59 Å². The fraction of sp³-hybridized carbons (Fsp3) is 0.429. The van der Waals surface area contributed by atoms with Gasteiger partial charge in [0, 0.05) is 24.1 Å². The molecule has 0 heterocycles.